The molecule has 0 saturated heterocycles. The highest BCUT2D eigenvalue weighted by molar-refractivity contribution is 6.01. The molecule has 0 spiro atoms. The Morgan fingerprint density at radius 1 is 1.10 bits per heavy atom. The summed E-state index contributed by atoms with van der Waals surface area (Å²) in [6, 6.07) is 15.6. The molecular formula is C23H26N2O4. The maximum absolute atomic E-state index is 12.9. The molecule has 0 bridgehead atoms. The first-order valence-corrected chi connectivity index (χ1v) is 9.95. The molecule has 1 saturated carbocycles. The molecule has 1 heterocycles. The van der Waals surface area contributed by atoms with Crippen LogP contribution in [0.2, 0.25) is 0 Å². The van der Waals surface area contributed by atoms with Crippen molar-refractivity contribution < 1.29 is 19.1 Å². The Morgan fingerprint density at radius 3 is 2.55 bits per heavy atom. The number of carbonyl (C=O) groups is 1. The lowest BCUT2D eigenvalue weighted by atomic mass is 10.0. The molecule has 0 radical (unpaired) electrons. The van der Waals surface area contributed by atoms with Gasteiger partial charge in [-0.1, -0.05) is 17.3 Å². The SMILES string of the molecule is COc1ccc(C2=NO[C@@H](CN(Cc3cccc(OC)c3)C(=O)C3CC3)C2)cc1. The Morgan fingerprint density at radius 2 is 1.86 bits per heavy atom. The van der Waals surface area contributed by atoms with Crippen molar-refractivity contribution in [2.45, 2.75) is 31.9 Å². The van der Waals surface area contributed by atoms with Crippen LogP contribution < -0.4 is 9.47 Å². The van der Waals surface area contributed by atoms with Gasteiger partial charge < -0.3 is 19.2 Å². The van der Waals surface area contributed by atoms with E-state index >= 15 is 0 Å². The zero-order valence-electron chi connectivity index (χ0n) is 16.8. The summed E-state index contributed by atoms with van der Waals surface area (Å²) in [5.41, 5.74) is 2.96. The minimum absolute atomic E-state index is 0.139. The van der Waals surface area contributed by atoms with Gasteiger partial charge in [-0.05, 0) is 60.4 Å². The highest BCUT2D eigenvalue weighted by Crippen LogP contribution is 2.32. The van der Waals surface area contributed by atoms with Crippen LogP contribution >= 0.6 is 0 Å². The van der Waals surface area contributed by atoms with Gasteiger partial charge in [-0.2, -0.15) is 0 Å². The Balaban J connectivity index is 1.42. The van der Waals surface area contributed by atoms with Gasteiger partial charge >= 0.3 is 0 Å². The molecule has 4 rings (SSSR count). The Labute approximate surface area is 171 Å². The summed E-state index contributed by atoms with van der Waals surface area (Å²) in [6.07, 6.45) is 2.50. The molecule has 0 unspecified atom stereocenters. The smallest absolute Gasteiger partial charge is 0.226 e. The van der Waals surface area contributed by atoms with E-state index in [1.54, 1.807) is 14.2 Å². The molecule has 2 aromatic carbocycles. The van der Waals surface area contributed by atoms with Crippen molar-refractivity contribution in [3.05, 3.63) is 59.7 Å². The van der Waals surface area contributed by atoms with Gasteiger partial charge in [0.1, 0.15) is 11.5 Å². The van der Waals surface area contributed by atoms with Crippen LogP contribution in [0.25, 0.3) is 0 Å². The van der Waals surface area contributed by atoms with Gasteiger partial charge in [0, 0.05) is 18.9 Å². The van der Waals surface area contributed by atoms with Crippen molar-refractivity contribution >= 4 is 11.6 Å². The molecule has 1 fully saturated rings. The Bertz CT molecular complexity index is 890. The van der Waals surface area contributed by atoms with Gasteiger partial charge in [0.05, 0.1) is 26.5 Å². The second-order valence-corrected chi connectivity index (χ2v) is 7.54. The molecular weight excluding hydrogens is 368 g/mol. The average Bonchev–Trinajstić information content (AvgIpc) is 3.51. The van der Waals surface area contributed by atoms with Gasteiger partial charge in [0.25, 0.3) is 0 Å². The van der Waals surface area contributed by atoms with E-state index in [2.05, 4.69) is 5.16 Å². The predicted molar refractivity (Wildman–Crippen MR) is 110 cm³/mol. The van der Waals surface area contributed by atoms with Gasteiger partial charge in [0.15, 0.2) is 6.10 Å². The van der Waals surface area contributed by atoms with E-state index in [1.165, 1.54) is 0 Å². The number of rotatable bonds is 8. The molecule has 1 aliphatic carbocycles. The van der Waals surface area contributed by atoms with Crippen LogP contribution in [0.5, 0.6) is 11.5 Å². The molecule has 1 aliphatic heterocycles. The molecule has 0 N–H and O–H groups in total. The first-order valence-electron chi connectivity index (χ1n) is 9.95. The van der Waals surface area contributed by atoms with E-state index in [4.69, 9.17) is 14.3 Å². The number of hydrogen-bond donors (Lipinski definition) is 0. The monoisotopic (exact) mass is 394 g/mol. The molecule has 6 heteroatoms. The third kappa shape index (κ3) is 4.70. The standard InChI is InChI=1S/C23H26N2O4/c1-27-19-10-8-17(9-11-19)22-13-21(29-24-22)15-25(23(26)18-6-7-18)14-16-4-3-5-20(12-16)28-2/h3-5,8-12,18,21H,6-7,13-15H2,1-2H3/t21-/m1/s1. The lowest BCUT2D eigenvalue weighted by Crippen LogP contribution is -2.38. The lowest BCUT2D eigenvalue weighted by molar-refractivity contribution is -0.135. The number of amides is 1. The maximum Gasteiger partial charge on any atom is 0.226 e. The molecule has 2 aromatic rings. The summed E-state index contributed by atoms with van der Waals surface area (Å²) in [5, 5.41) is 4.27. The number of hydrogen-bond acceptors (Lipinski definition) is 5. The highest BCUT2D eigenvalue weighted by Gasteiger charge is 2.35. The maximum atomic E-state index is 12.9. The molecule has 1 amide bonds. The van der Waals surface area contributed by atoms with Gasteiger partial charge in [-0.15, -0.1) is 0 Å². The van der Waals surface area contributed by atoms with Crippen LogP contribution in [0.15, 0.2) is 53.7 Å². The van der Waals surface area contributed by atoms with Crippen LogP contribution in [0.3, 0.4) is 0 Å². The fraction of sp³-hybridized carbons (Fsp3) is 0.391. The minimum Gasteiger partial charge on any atom is -0.497 e. The summed E-state index contributed by atoms with van der Waals surface area (Å²) < 4.78 is 10.5. The normalized spacial score (nSPS) is 18.0. The van der Waals surface area contributed by atoms with Crippen molar-refractivity contribution in [1.29, 1.82) is 0 Å². The van der Waals surface area contributed by atoms with E-state index in [0.717, 1.165) is 41.2 Å². The van der Waals surface area contributed by atoms with Crippen molar-refractivity contribution in [3.63, 3.8) is 0 Å². The second kappa shape index (κ2) is 8.55. The van der Waals surface area contributed by atoms with E-state index in [0.29, 0.717) is 19.5 Å². The third-order valence-corrected chi connectivity index (χ3v) is 5.33. The van der Waals surface area contributed by atoms with Crippen LogP contribution in [-0.4, -0.2) is 43.4 Å². The molecule has 1 atom stereocenters. The van der Waals surface area contributed by atoms with Gasteiger partial charge in [0.2, 0.25) is 5.91 Å². The third-order valence-electron chi connectivity index (χ3n) is 5.33. The summed E-state index contributed by atoms with van der Waals surface area (Å²) in [6.45, 7) is 1.07. The molecule has 29 heavy (non-hydrogen) atoms. The topological polar surface area (TPSA) is 60.4 Å². The van der Waals surface area contributed by atoms with E-state index in [9.17, 15) is 4.79 Å². The second-order valence-electron chi connectivity index (χ2n) is 7.54. The first-order chi connectivity index (χ1) is 14.2. The average molecular weight is 394 g/mol. The Hall–Kier alpha value is -3.02. The zero-order valence-corrected chi connectivity index (χ0v) is 16.8. The minimum atomic E-state index is -0.139. The van der Waals surface area contributed by atoms with Crippen LogP contribution in [0.4, 0.5) is 0 Å². The lowest BCUT2D eigenvalue weighted by Gasteiger charge is -2.25. The zero-order chi connectivity index (χ0) is 20.2. The summed E-state index contributed by atoms with van der Waals surface area (Å²) in [5.74, 6) is 1.96. The number of oxime groups is 1. The predicted octanol–water partition coefficient (Wildman–Crippen LogP) is 3.64. The van der Waals surface area contributed by atoms with Crippen molar-refractivity contribution in [2.75, 3.05) is 20.8 Å². The summed E-state index contributed by atoms with van der Waals surface area (Å²) >= 11 is 0. The summed E-state index contributed by atoms with van der Waals surface area (Å²) in [4.78, 5) is 20.4. The largest absolute Gasteiger partial charge is 0.497 e. The molecule has 152 valence electrons. The number of nitrogens with zero attached hydrogens (tertiary/aromatic N) is 2. The van der Waals surface area contributed by atoms with Crippen molar-refractivity contribution in [1.82, 2.24) is 4.90 Å². The van der Waals surface area contributed by atoms with E-state index in [1.807, 2.05) is 53.4 Å². The Kier molecular flexibility index (Phi) is 5.69. The van der Waals surface area contributed by atoms with Crippen LogP contribution in [0, 0.1) is 5.92 Å². The first kappa shape index (κ1) is 19.3. The fourth-order valence-electron chi connectivity index (χ4n) is 3.54. The van der Waals surface area contributed by atoms with Crippen molar-refractivity contribution in [2.24, 2.45) is 11.1 Å². The molecule has 0 aromatic heterocycles. The van der Waals surface area contributed by atoms with E-state index in [-0.39, 0.29) is 17.9 Å². The van der Waals surface area contributed by atoms with Crippen LogP contribution in [0.1, 0.15) is 30.4 Å². The van der Waals surface area contributed by atoms with Gasteiger partial charge in [-0.25, -0.2) is 0 Å². The molecule has 2 aliphatic rings. The molecule has 6 nitrogen and oxygen atoms in total. The number of benzene rings is 2. The van der Waals surface area contributed by atoms with Gasteiger partial charge in [-0.3, -0.25) is 4.79 Å². The summed E-state index contributed by atoms with van der Waals surface area (Å²) in [7, 11) is 3.30. The number of methoxy groups -OCH3 is 2. The van der Waals surface area contributed by atoms with Crippen molar-refractivity contribution in [3.8, 4) is 11.5 Å². The number of ether oxygens (including phenoxy) is 2. The number of carbonyl (C=O) groups excluding carboxylic acids is 1. The highest BCUT2D eigenvalue weighted by atomic mass is 16.6. The van der Waals surface area contributed by atoms with E-state index < -0.39 is 0 Å². The fourth-order valence-corrected chi connectivity index (χ4v) is 3.54. The quantitative estimate of drug-likeness (QED) is 0.686. The van der Waals surface area contributed by atoms with Crippen LogP contribution in [-0.2, 0) is 16.2 Å².